The van der Waals surface area contributed by atoms with Crippen LogP contribution >= 0.6 is 0 Å². The largest absolute Gasteiger partial charge is 0.478 e. The van der Waals surface area contributed by atoms with E-state index in [0.717, 1.165) is 18.4 Å². The van der Waals surface area contributed by atoms with Crippen molar-refractivity contribution in [3.63, 3.8) is 0 Å². The van der Waals surface area contributed by atoms with Crippen LogP contribution in [0, 0.1) is 11.8 Å². The van der Waals surface area contributed by atoms with Crippen LogP contribution in [0.5, 0.6) is 0 Å². The van der Waals surface area contributed by atoms with Crippen molar-refractivity contribution in [2.75, 3.05) is 0 Å². The van der Waals surface area contributed by atoms with Crippen molar-refractivity contribution in [1.82, 2.24) is 5.32 Å². The lowest BCUT2D eigenvalue weighted by Crippen LogP contribution is -2.21. The van der Waals surface area contributed by atoms with E-state index < -0.39 is 5.97 Å². The van der Waals surface area contributed by atoms with Crippen molar-refractivity contribution in [3.8, 4) is 0 Å². The smallest absolute Gasteiger partial charge is 0.335 e. The van der Waals surface area contributed by atoms with Gasteiger partial charge in [0.25, 0.3) is 0 Å². The van der Waals surface area contributed by atoms with Crippen molar-refractivity contribution >= 4 is 5.97 Å². The van der Waals surface area contributed by atoms with Gasteiger partial charge in [0.05, 0.1) is 5.56 Å². The molecule has 2 fully saturated rings. The molecule has 2 unspecified atom stereocenters. The van der Waals surface area contributed by atoms with E-state index in [2.05, 4.69) is 5.32 Å². The minimum absolute atomic E-state index is 0.361. The summed E-state index contributed by atoms with van der Waals surface area (Å²) in [5.74, 6) is 0.994. The molecule has 0 spiro atoms. The molecule has 20 heavy (non-hydrogen) atoms. The maximum Gasteiger partial charge on any atom is 0.335 e. The van der Waals surface area contributed by atoms with E-state index in [4.69, 9.17) is 5.11 Å². The average Bonchev–Trinajstić information content (AvgIpc) is 3.26. The Labute approximate surface area is 120 Å². The van der Waals surface area contributed by atoms with Gasteiger partial charge in [-0.2, -0.15) is 0 Å². The maximum atomic E-state index is 10.8. The zero-order chi connectivity index (χ0) is 13.9. The summed E-state index contributed by atoms with van der Waals surface area (Å²) >= 11 is 0. The number of carbonyl (C=O) groups is 1. The number of carboxylic acids is 1. The SMILES string of the molecule is O=C(O)c1ccc(CNC2CC2C2CCCCC2)cc1. The highest BCUT2D eigenvalue weighted by atomic mass is 16.4. The zero-order valence-corrected chi connectivity index (χ0v) is 11.8. The molecule has 1 aromatic rings. The highest BCUT2D eigenvalue weighted by Gasteiger charge is 2.42. The van der Waals surface area contributed by atoms with Gasteiger partial charge in [0.1, 0.15) is 0 Å². The number of rotatable bonds is 5. The molecule has 2 aliphatic rings. The molecule has 0 radical (unpaired) electrons. The lowest BCUT2D eigenvalue weighted by atomic mass is 9.85. The Kier molecular flexibility index (Phi) is 4.06. The maximum absolute atomic E-state index is 10.8. The summed E-state index contributed by atoms with van der Waals surface area (Å²) in [7, 11) is 0. The summed E-state index contributed by atoms with van der Waals surface area (Å²) in [5, 5.41) is 12.5. The Morgan fingerprint density at radius 1 is 1.15 bits per heavy atom. The van der Waals surface area contributed by atoms with Gasteiger partial charge >= 0.3 is 5.97 Å². The second-order valence-electron chi connectivity index (χ2n) is 6.29. The first-order chi connectivity index (χ1) is 9.74. The highest BCUT2D eigenvalue weighted by Crippen LogP contribution is 2.44. The molecule has 3 rings (SSSR count). The lowest BCUT2D eigenvalue weighted by Gasteiger charge is -2.21. The quantitative estimate of drug-likeness (QED) is 0.864. The molecular weight excluding hydrogens is 250 g/mol. The van der Waals surface area contributed by atoms with Crippen molar-refractivity contribution in [1.29, 1.82) is 0 Å². The van der Waals surface area contributed by atoms with E-state index in [9.17, 15) is 4.79 Å². The molecule has 3 nitrogen and oxygen atoms in total. The van der Waals surface area contributed by atoms with Crippen LogP contribution in [0.1, 0.15) is 54.4 Å². The summed E-state index contributed by atoms with van der Waals surface area (Å²) in [6.07, 6.45) is 8.45. The van der Waals surface area contributed by atoms with Gasteiger partial charge in [-0.15, -0.1) is 0 Å². The standard InChI is InChI=1S/C17H23NO2/c19-17(20)14-8-6-12(7-9-14)11-18-16-10-15(16)13-4-2-1-3-5-13/h6-9,13,15-16,18H,1-5,10-11H2,(H,19,20). The molecule has 0 saturated heterocycles. The first-order valence-electron chi connectivity index (χ1n) is 7.79. The predicted molar refractivity (Wildman–Crippen MR) is 78.7 cm³/mol. The highest BCUT2D eigenvalue weighted by molar-refractivity contribution is 5.87. The van der Waals surface area contributed by atoms with Gasteiger partial charge in [-0.05, 0) is 36.0 Å². The van der Waals surface area contributed by atoms with E-state index >= 15 is 0 Å². The Morgan fingerprint density at radius 3 is 2.50 bits per heavy atom. The van der Waals surface area contributed by atoms with Crippen LogP contribution in [0.25, 0.3) is 0 Å². The number of carboxylic acid groups (broad SMARTS) is 1. The molecular formula is C17H23NO2. The fourth-order valence-electron chi connectivity index (χ4n) is 3.55. The first-order valence-corrected chi connectivity index (χ1v) is 7.79. The monoisotopic (exact) mass is 273 g/mol. The molecule has 108 valence electrons. The van der Waals surface area contributed by atoms with E-state index in [-0.39, 0.29) is 0 Å². The van der Waals surface area contributed by atoms with E-state index in [1.807, 2.05) is 12.1 Å². The minimum atomic E-state index is -0.857. The normalized spacial score (nSPS) is 26.4. The van der Waals surface area contributed by atoms with E-state index in [1.54, 1.807) is 12.1 Å². The van der Waals surface area contributed by atoms with Crippen molar-refractivity contribution in [2.45, 2.75) is 51.1 Å². The first kappa shape index (κ1) is 13.6. The van der Waals surface area contributed by atoms with Gasteiger partial charge < -0.3 is 10.4 Å². The summed E-state index contributed by atoms with van der Waals surface area (Å²) in [6, 6.07) is 7.88. The molecule has 0 aliphatic heterocycles. The molecule has 0 bridgehead atoms. The molecule has 1 aromatic carbocycles. The van der Waals surface area contributed by atoms with Gasteiger partial charge in [-0.25, -0.2) is 4.79 Å². The molecule has 2 aliphatic carbocycles. The van der Waals surface area contributed by atoms with Crippen LogP contribution in [0.3, 0.4) is 0 Å². The van der Waals surface area contributed by atoms with Gasteiger partial charge in [-0.1, -0.05) is 44.2 Å². The Balaban J connectivity index is 1.45. The van der Waals surface area contributed by atoms with Gasteiger partial charge in [0.2, 0.25) is 0 Å². The molecule has 0 heterocycles. The van der Waals surface area contributed by atoms with E-state index in [0.29, 0.717) is 11.6 Å². The molecule has 3 heteroatoms. The Bertz CT molecular complexity index is 462. The van der Waals surface area contributed by atoms with Crippen LogP contribution in [0.15, 0.2) is 24.3 Å². The molecule has 2 N–H and O–H groups in total. The second-order valence-corrected chi connectivity index (χ2v) is 6.29. The molecule has 0 amide bonds. The number of nitrogens with one attached hydrogen (secondary N) is 1. The Morgan fingerprint density at radius 2 is 1.85 bits per heavy atom. The summed E-state index contributed by atoms with van der Waals surface area (Å²) in [5.41, 5.74) is 1.53. The van der Waals surface area contributed by atoms with Gasteiger partial charge in [-0.3, -0.25) is 0 Å². The third-order valence-electron chi connectivity index (χ3n) is 4.86. The van der Waals surface area contributed by atoms with E-state index in [1.165, 1.54) is 44.1 Å². The fourth-order valence-corrected chi connectivity index (χ4v) is 3.55. The van der Waals surface area contributed by atoms with Crippen LogP contribution in [-0.2, 0) is 6.54 Å². The molecule has 2 atom stereocenters. The molecule has 2 saturated carbocycles. The Hall–Kier alpha value is -1.35. The molecule has 0 aromatic heterocycles. The average molecular weight is 273 g/mol. The topological polar surface area (TPSA) is 49.3 Å². The third-order valence-corrected chi connectivity index (χ3v) is 4.86. The summed E-state index contributed by atoms with van der Waals surface area (Å²) in [4.78, 5) is 10.8. The number of aromatic carboxylic acids is 1. The number of hydrogen-bond donors (Lipinski definition) is 2. The van der Waals surface area contributed by atoms with Gasteiger partial charge in [0, 0.05) is 12.6 Å². The number of benzene rings is 1. The van der Waals surface area contributed by atoms with Crippen LogP contribution < -0.4 is 5.32 Å². The zero-order valence-electron chi connectivity index (χ0n) is 11.8. The predicted octanol–water partition coefficient (Wildman–Crippen LogP) is 3.44. The van der Waals surface area contributed by atoms with Crippen LogP contribution in [0.4, 0.5) is 0 Å². The van der Waals surface area contributed by atoms with Crippen molar-refractivity contribution in [3.05, 3.63) is 35.4 Å². The summed E-state index contributed by atoms with van der Waals surface area (Å²) < 4.78 is 0. The minimum Gasteiger partial charge on any atom is -0.478 e. The van der Waals surface area contributed by atoms with Crippen LogP contribution in [-0.4, -0.2) is 17.1 Å². The van der Waals surface area contributed by atoms with Crippen molar-refractivity contribution < 1.29 is 9.90 Å². The fraction of sp³-hybridized carbons (Fsp3) is 0.588. The number of hydrogen-bond acceptors (Lipinski definition) is 2. The van der Waals surface area contributed by atoms with Crippen molar-refractivity contribution in [2.24, 2.45) is 11.8 Å². The van der Waals surface area contributed by atoms with Crippen LogP contribution in [0.2, 0.25) is 0 Å². The second kappa shape index (κ2) is 5.96. The van der Waals surface area contributed by atoms with Gasteiger partial charge in [0.15, 0.2) is 0 Å². The lowest BCUT2D eigenvalue weighted by molar-refractivity contribution is 0.0697. The third kappa shape index (κ3) is 3.21. The summed E-state index contributed by atoms with van der Waals surface area (Å²) in [6.45, 7) is 0.855.